The monoisotopic (exact) mass is 421 g/mol. The summed E-state index contributed by atoms with van der Waals surface area (Å²) in [6, 6.07) is 14.2. The number of nitrogens with zero attached hydrogens (tertiary/aromatic N) is 3. The maximum absolute atomic E-state index is 5.43. The van der Waals surface area contributed by atoms with Gasteiger partial charge in [-0.3, -0.25) is 4.99 Å². The van der Waals surface area contributed by atoms with E-state index in [2.05, 4.69) is 44.0 Å². The lowest BCUT2D eigenvalue weighted by atomic mass is 10.1. The number of fused-ring (bicyclic) bond motifs is 1. The van der Waals surface area contributed by atoms with Gasteiger partial charge in [0.25, 0.3) is 5.89 Å². The van der Waals surface area contributed by atoms with Gasteiger partial charge < -0.3 is 24.6 Å². The van der Waals surface area contributed by atoms with Crippen LogP contribution in [0.1, 0.15) is 23.9 Å². The van der Waals surface area contributed by atoms with E-state index in [0.717, 1.165) is 61.2 Å². The van der Waals surface area contributed by atoms with Crippen molar-refractivity contribution in [1.29, 1.82) is 0 Å². The molecule has 1 aliphatic heterocycles. The van der Waals surface area contributed by atoms with E-state index in [1.807, 2.05) is 31.2 Å². The summed E-state index contributed by atoms with van der Waals surface area (Å²) in [6.07, 6.45) is 2.51. The predicted molar refractivity (Wildman–Crippen MR) is 118 cm³/mol. The molecule has 0 atom stereocenters. The second-order valence-electron chi connectivity index (χ2n) is 7.18. The van der Waals surface area contributed by atoms with E-state index in [1.54, 1.807) is 7.05 Å². The van der Waals surface area contributed by atoms with Crippen molar-refractivity contribution in [2.24, 2.45) is 4.99 Å². The maximum atomic E-state index is 5.43. The van der Waals surface area contributed by atoms with Crippen LogP contribution in [-0.2, 0) is 19.3 Å². The third-order valence-corrected chi connectivity index (χ3v) is 5.06. The van der Waals surface area contributed by atoms with Crippen LogP contribution < -0.4 is 20.1 Å². The fraction of sp³-hybridized carbons (Fsp3) is 0.348. The van der Waals surface area contributed by atoms with Crippen molar-refractivity contribution in [1.82, 2.24) is 20.8 Å². The molecule has 0 amide bonds. The molecule has 0 saturated heterocycles. The molecule has 0 radical (unpaired) electrons. The van der Waals surface area contributed by atoms with Gasteiger partial charge in [-0.1, -0.05) is 30.3 Å². The van der Waals surface area contributed by atoms with Gasteiger partial charge >= 0.3 is 0 Å². The molecule has 1 aliphatic rings. The molecule has 0 unspecified atom stereocenters. The first kappa shape index (κ1) is 20.7. The molecule has 2 aromatic carbocycles. The second kappa shape index (κ2) is 9.97. The first-order chi connectivity index (χ1) is 15.2. The van der Waals surface area contributed by atoms with Gasteiger partial charge in [0.15, 0.2) is 23.3 Å². The summed E-state index contributed by atoms with van der Waals surface area (Å²) in [7, 11) is 1.78. The lowest BCUT2D eigenvalue weighted by molar-refractivity contribution is 0.174. The summed E-state index contributed by atoms with van der Waals surface area (Å²) in [5.74, 6) is 3.70. The summed E-state index contributed by atoms with van der Waals surface area (Å²) in [6.45, 7) is 3.86. The van der Waals surface area contributed by atoms with Gasteiger partial charge in [0.05, 0.1) is 0 Å². The zero-order valence-electron chi connectivity index (χ0n) is 17.9. The molecule has 0 saturated carbocycles. The van der Waals surface area contributed by atoms with Crippen LogP contribution in [0.3, 0.4) is 0 Å². The van der Waals surface area contributed by atoms with Gasteiger partial charge in [-0.2, -0.15) is 4.98 Å². The van der Waals surface area contributed by atoms with Crippen LogP contribution in [0.15, 0.2) is 52.0 Å². The van der Waals surface area contributed by atoms with Crippen molar-refractivity contribution >= 4 is 5.96 Å². The highest BCUT2D eigenvalue weighted by Gasteiger charge is 2.13. The fourth-order valence-corrected chi connectivity index (χ4v) is 3.30. The molecular formula is C23H27N5O3. The SMILES string of the molecule is CCc1noc(-c2ccc(CCNC(=NC)NCCc3ccc4c(c3)OCO4)cc2)n1. The highest BCUT2D eigenvalue weighted by molar-refractivity contribution is 5.79. The molecule has 2 N–H and O–H groups in total. The topological polar surface area (TPSA) is 93.8 Å². The van der Waals surface area contributed by atoms with Crippen LogP contribution in [0.4, 0.5) is 0 Å². The third-order valence-electron chi connectivity index (χ3n) is 5.06. The number of hydrogen-bond donors (Lipinski definition) is 2. The fourth-order valence-electron chi connectivity index (χ4n) is 3.30. The number of aliphatic imine (C=N–C) groups is 1. The minimum atomic E-state index is 0.299. The molecule has 0 aliphatic carbocycles. The smallest absolute Gasteiger partial charge is 0.257 e. The average Bonchev–Trinajstić information content (AvgIpc) is 3.47. The van der Waals surface area contributed by atoms with E-state index in [1.165, 1.54) is 11.1 Å². The van der Waals surface area contributed by atoms with Crippen LogP contribution in [0.5, 0.6) is 11.5 Å². The zero-order chi connectivity index (χ0) is 21.5. The van der Waals surface area contributed by atoms with E-state index >= 15 is 0 Å². The van der Waals surface area contributed by atoms with Crippen molar-refractivity contribution in [2.75, 3.05) is 26.9 Å². The number of ether oxygens (including phenoxy) is 2. The van der Waals surface area contributed by atoms with Crippen LogP contribution in [-0.4, -0.2) is 43.0 Å². The van der Waals surface area contributed by atoms with Crippen molar-refractivity contribution in [2.45, 2.75) is 26.2 Å². The summed E-state index contributed by atoms with van der Waals surface area (Å²) in [5, 5.41) is 10.6. The van der Waals surface area contributed by atoms with Gasteiger partial charge in [0.1, 0.15) is 0 Å². The molecule has 8 nitrogen and oxygen atoms in total. The Morgan fingerprint density at radius 2 is 1.68 bits per heavy atom. The highest BCUT2D eigenvalue weighted by Crippen LogP contribution is 2.32. The van der Waals surface area contributed by atoms with Crippen LogP contribution in [0.2, 0.25) is 0 Å². The minimum absolute atomic E-state index is 0.299. The standard InChI is InChI=1S/C23H27N5O3/c1-3-21-27-22(31-28-21)18-7-4-16(5-8-18)10-12-25-23(24-2)26-13-11-17-6-9-19-20(14-17)30-15-29-19/h4-9,14H,3,10-13,15H2,1-2H3,(H2,24,25,26). The lowest BCUT2D eigenvalue weighted by Gasteiger charge is -2.12. The van der Waals surface area contributed by atoms with E-state index in [9.17, 15) is 0 Å². The second-order valence-corrected chi connectivity index (χ2v) is 7.18. The molecule has 31 heavy (non-hydrogen) atoms. The number of rotatable bonds is 8. The van der Waals surface area contributed by atoms with Crippen molar-refractivity contribution < 1.29 is 14.0 Å². The Labute approximate surface area is 181 Å². The van der Waals surface area contributed by atoms with Crippen LogP contribution >= 0.6 is 0 Å². The summed E-state index contributed by atoms with van der Waals surface area (Å²) < 4.78 is 16.1. The quantitative estimate of drug-likeness (QED) is 0.427. The normalized spacial score (nSPS) is 12.8. The van der Waals surface area contributed by atoms with Gasteiger partial charge in [-0.25, -0.2) is 0 Å². The lowest BCUT2D eigenvalue weighted by Crippen LogP contribution is -2.39. The molecule has 8 heteroatoms. The van der Waals surface area contributed by atoms with Crippen molar-refractivity contribution in [3.05, 3.63) is 59.4 Å². The average molecular weight is 422 g/mol. The first-order valence-corrected chi connectivity index (χ1v) is 10.5. The number of hydrogen-bond acceptors (Lipinski definition) is 6. The third kappa shape index (κ3) is 5.33. The van der Waals surface area contributed by atoms with E-state index in [0.29, 0.717) is 12.7 Å². The van der Waals surface area contributed by atoms with Gasteiger partial charge in [-0.05, 0) is 48.2 Å². The molecule has 3 aromatic rings. The van der Waals surface area contributed by atoms with Crippen molar-refractivity contribution in [3.63, 3.8) is 0 Å². The zero-order valence-corrected chi connectivity index (χ0v) is 17.9. The number of benzene rings is 2. The summed E-state index contributed by atoms with van der Waals surface area (Å²) in [4.78, 5) is 8.66. The largest absolute Gasteiger partial charge is 0.454 e. The number of aryl methyl sites for hydroxylation is 1. The van der Waals surface area contributed by atoms with Crippen molar-refractivity contribution in [3.8, 4) is 23.0 Å². The summed E-state index contributed by atoms with van der Waals surface area (Å²) in [5.41, 5.74) is 3.35. The Balaban J connectivity index is 1.20. The highest BCUT2D eigenvalue weighted by atomic mass is 16.7. The first-order valence-electron chi connectivity index (χ1n) is 10.5. The Kier molecular flexibility index (Phi) is 6.66. The van der Waals surface area contributed by atoms with E-state index in [4.69, 9.17) is 14.0 Å². The molecule has 0 spiro atoms. The molecular weight excluding hydrogens is 394 g/mol. The predicted octanol–water partition coefficient (Wildman–Crippen LogP) is 2.98. The molecule has 1 aromatic heterocycles. The minimum Gasteiger partial charge on any atom is -0.454 e. The molecule has 4 rings (SSSR count). The molecule has 162 valence electrons. The Morgan fingerprint density at radius 1 is 0.968 bits per heavy atom. The maximum Gasteiger partial charge on any atom is 0.257 e. The van der Waals surface area contributed by atoms with E-state index in [-0.39, 0.29) is 0 Å². The number of aromatic nitrogens is 2. The van der Waals surface area contributed by atoms with Crippen LogP contribution in [0, 0.1) is 0 Å². The number of guanidine groups is 1. The van der Waals surface area contributed by atoms with Gasteiger partial charge in [-0.15, -0.1) is 0 Å². The molecule has 0 bridgehead atoms. The molecule has 2 heterocycles. The molecule has 0 fully saturated rings. The van der Waals surface area contributed by atoms with Gasteiger partial charge in [0, 0.05) is 32.1 Å². The Bertz CT molecular complexity index is 1030. The summed E-state index contributed by atoms with van der Waals surface area (Å²) >= 11 is 0. The Morgan fingerprint density at radius 3 is 2.39 bits per heavy atom. The Hall–Kier alpha value is -3.55. The van der Waals surface area contributed by atoms with E-state index < -0.39 is 0 Å². The number of nitrogens with one attached hydrogen (secondary N) is 2. The van der Waals surface area contributed by atoms with Gasteiger partial charge in [0.2, 0.25) is 6.79 Å². The van der Waals surface area contributed by atoms with Crippen LogP contribution in [0.25, 0.3) is 11.5 Å².